The Labute approximate surface area is 111 Å². The van der Waals surface area contributed by atoms with E-state index in [2.05, 4.69) is 15.4 Å². The van der Waals surface area contributed by atoms with E-state index in [1.165, 1.54) is 0 Å². The number of pyridine rings is 1. The van der Waals surface area contributed by atoms with Crippen molar-refractivity contribution >= 4 is 5.91 Å². The van der Waals surface area contributed by atoms with Crippen LogP contribution in [0.5, 0.6) is 0 Å². The monoisotopic (exact) mass is 260 g/mol. The first-order valence-electron chi connectivity index (χ1n) is 5.92. The van der Waals surface area contributed by atoms with Crippen LogP contribution in [0.2, 0.25) is 0 Å². The summed E-state index contributed by atoms with van der Waals surface area (Å²) in [4.78, 5) is 16.3. The fraction of sp³-hybridized carbons (Fsp3) is 0.308. The van der Waals surface area contributed by atoms with E-state index in [9.17, 15) is 4.79 Å². The maximum atomic E-state index is 12.0. The first-order valence-corrected chi connectivity index (χ1v) is 5.92. The smallest absolute Gasteiger partial charge is 0.270 e. The van der Waals surface area contributed by atoms with Gasteiger partial charge in [-0.2, -0.15) is 5.10 Å². The lowest BCUT2D eigenvalue weighted by atomic mass is 10.1. The number of aliphatic hydroxyl groups is 1. The predicted molar refractivity (Wildman–Crippen MR) is 70.0 cm³/mol. The lowest BCUT2D eigenvalue weighted by Gasteiger charge is -2.23. The van der Waals surface area contributed by atoms with Gasteiger partial charge in [-0.3, -0.25) is 4.79 Å². The van der Waals surface area contributed by atoms with Gasteiger partial charge in [0, 0.05) is 12.4 Å². The average Bonchev–Trinajstić information content (AvgIpc) is 2.92. The molecule has 0 radical (unpaired) electrons. The molecule has 0 aliphatic carbocycles. The Kier molecular flexibility index (Phi) is 3.62. The highest BCUT2D eigenvalue weighted by atomic mass is 16.3. The molecular formula is C13H16N4O2. The average molecular weight is 260 g/mol. The lowest BCUT2D eigenvalue weighted by molar-refractivity contribution is 0.0864. The number of amides is 1. The third kappa shape index (κ3) is 3.17. The number of rotatable bonds is 4. The summed E-state index contributed by atoms with van der Waals surface area (Å²) < 4.78 is 1.58. The lowest BCUT2D eigenvalue weighted by Crippen LogP contribution is -2.46. The van der Waals surface area contributed by atoms with Crippen molar-refractivity contribution < 1.29 is 9.90 Å². The molecule has 2 N–H and O–H groups in total. The Bertz CT molecular complexity index is 564. The standard InChI is InChI=1S/C13H16N4O2/c1-13(2,9-18)16-12(19)10-5-3-6-11(15-10)17-8-4-7-14-17/h3-8,18H,9H2,1-2H3,(H,16,19). The minimum atomic E-state index is -0.680. The Balaban J connectivity index is 2.22. The van der Waals surface area contributed by atoms with Crippen molar-refractivity contribution in [2.45, 2.75) is 19.4 Å². The Hall–Kier alpha value is -2.21. The molecule has 19 heavy (non-hydrogen) atoms. The molecule has 6 heteroatoms. The maximum Gasteiger partial charge on any atom is 0.270 e. The van der Waals surface area contributed by atoms with Gasteiger partial charge in [-0.15, -0.1) is 0 Å². The van der Waals surface area contributed by atoms with Crippen LogP contribution in [-0.2, 0) is 0 Å². The number of carbonyl (C=O) groups is 1. The second-order valence-electron chi connectivity index (χ2n) is 4.83. The number of aliphatic hydroxyl groups excluding tert-OH is 1. The topological polar surface area (TPSA) is 80.0 Å². The van der Waals surface area contributed by atoms with Crippen LogP contribution >= 0.6 is 0 Å². The number of nitrogens with one attached hydrogen (secondary N) is 1. The molecule has 2 rings (SSSR count). The summed E-state index contributed by atoms with van der Waals surface area (Å²) >= 11 is 0. The van der Waals surface area contributed by atoms with Crippen LogP contribution in [0.15, 0.2) is 36.7 Å². The molecular weight excluding hydrogens is 244 g/mol. The first kappa shape index (κ1) is 13.2. The van der Waals surface area contributed by atoms with Crippen molar-refractivity contribution in [2.75, 3.05) is 6.61 Å². The van der Waals surface area contributed by atoms with E-state index in [4.69, 9.17) is 5.11 Å². The normalized spacial score (nSPS) is 11.3. The van der Waals surface area contributed by atoms with Gasteiger partial charge in [-0.05, 0) is 32.0 Å². The first-order chi connectivity index (χ1) is 9.02. The molecule has 0 saturated carbocycles. The van der Waals surface area contributed by atoms with E-state index >= 15 is 0 Å². The van der Waals surface area contributed by atoms with Crippen LogP contribution in [0.25, 0.3) is 5.82 Å². The molecule has 0 aliphatic rings. The number of carbonyl (C=O) groups excluding carboxylic acids is 1. The van der Waals surface area contributed by atoms with Gasteiger partial charge in [-0.1, -0.05) is 6.07 Å². The molecule has 1 amide bonds. The molecule has 0 saturated heterocycles. The molecule has 0 bridgehead atoms. The summed E-state index contributed by atoms with van der Waals surface area (Å²) in [6.45, 7) is 3.34. The van der Waals surface area contributed by atoms with Crippen LogP contribution in [0, 0.1) is 0 Å². The number of nitrogens with zero attached hydrogens (tertiary/aromatic N) is 3. The number of hydrogen-bond donors (Lipinski definition) is 2. The van der Waals surface area contributed by atoms with Gasteiger partial charge in [0.1, 0.15) is 5.69 Å². The fourth-order valence-corrected chi connectivity index (χ4v) is 1.49. The maximum absolute atomic E-state index is 12.0. The molecule has 100 valence electrons. The SMILES string of the molecule is CC(C)(CO)NC(=O)c1cccc(-n2cccn2)n1. The molecule has 2 aromatic heterocycles. The van der Waals surface area contributed by atoms with E-state index in [-0.39, 0.29) is 18.2 Å². The van der Waals surface area contributed by atoms with Gasteiger partial charge in [0.25, 0.3) is 5.91 Å². The Morgan fingerprint density at radius 1 is 1.42 bits per heavy atom. The minimum absolute atomic E-state index is 0.141. The second kappa shape index (κ2) is 5.19. The molecule has 2 aromatic rings. The summed E-state index contributed by atoms with van der Waals surface area (Å²) in [5, 5.41) is 15.9. The molecule has 6 nitrogen and oxygen atoms in total. The Morgan fingerprint density at radius 3 is 2.84 bits per heavy atom. The van der Waals surface area contributed by atoms with Gasteiger partial charge in [0.05, 0.1) is 12.1 Å². The quantitative estimate of drug-likeness (QED) is 0.851. The van der Waals surface area contributed by atoms with Crippen molar-refractivity contribution in [1.29, 1.82) is 0 Å². The molecule has 0 aliphatic heterocycles. The van der Waals surface area contributed by atoms with Crippen LogP contribution < -0.4 is 5.32 Å². The zero-order valence-corrected chi connectivity index (χ0v) is 10.9. The predicted octanol–water partition coefficient (Wildman–Crippen LogP) is 0.768. The molecule has 0 unspecified atom stereocenters. The zero-order chi connectivity index (χ0) is 13.9. The fourth-order valence-electron chi connectivity index (χ4n) is 1.49. The highest BCUT2D eigenvalue weighted by molar-refractivity contribution is 5.92. The van der Waals surface area contributed by atoms with Crippen molar-refractivity contribution in [1.82, 2.24) is 20.1 Å². The van der Waals surface area contributed by atoms with E-state index in [1.807, 2.05) is 0 Å². The Morgan fingerprint density at radius 2 is 2.21 bits per heavy atom. The zero-order valence-electron chi connectivity index (χ0n) is 10.9. The van der Waals surface area contributed by atoms with Gasteiger partial charge >= 0.3 is 0 Å². The number of aromatic nitrogens is 3. The second-order valence-corrected chi connectivity index (χ2v) is 4.83. The van der Waals surface area contributed by atoms with E-state index < -0.39 is 5.54 Å². The summed E-state index contributed by atoms with van der Waals surface area (Å²) in [5.41, 5.74) is -0.393. The van der Waals surface area contributed by atoms with Crippen LogP contribution in [0.3, 0.4) is 0 Å². The van der Waals surface area contributed by atoms with E-state index in [0.29, 0.717) is 5.82 Å². The third-order valence-electron chi connectivity index (χ3n) is 2.55. The summed E-state index contributed by atoms with van der Waals surface area (Å²) in [5.74, 6) is 0.243. The highest BCUT2D eigenvalue weighted by Gasteiger charge is 2.20. The van der Waals surface area contributed by atoms with Crippen molar-refractivity contribution in [2.24, 2.45) is 0 Å². The van der Waals surface area contributed by atoms with Crippen molar-refractivity contribution in [3.05, 3.63) is 42.4 Å². The van der Waals surface area contributed by atoms with Gasteiger partial charge < -0.3 is 10.4 Å². The van der Waals surface area contributed by atoms with Crippen LogP contribution in [0.4, 0.5) is 0 Å². The molecule has 2 heterocycles. The summed E-state index contributed by atoms with van der Waals surface area (Å²) in [7, 11) is 0. The highest BCUT2D eigenvalue weighted by Crippen LogP contribution is 2.07. The minimum Gasteiger partial charge on any atom is -0.394 e. The molecule has 0 aromatic carbocycles. The molecule has 0 fully saturated rings. The largest absolute Gasteiger partial charge is 0.394 e. The van der Waals surface area contributed by atoms with Gasteiger partial charge in [0.2, 0.25) is 0 Å². The van der Waals surface area contributed by atoms with Crippen LogP contribution in [-0.4, -0.2) is 37.9 Å². The summed E-state index contributed by atoms with van der Waals surface area (Å²) in [6, 6.07) is 6.91. The third-order valence-corrected chi connectivity index (χ3v) is 2.55. The van der Waals surface area contributed by atoms with Gasteiger partial charge in [0.15, 0.2) is 5.82 Å². The summed E-state index contributed by atoms with van der Waals surface area (Å²) in [6.07, 6.45) is 3.39. The van der Waals surface area contributed by atoms with Crippen molar-refractivity contribution in [3.8, 4) is 5.82 Å². The van der Waals surface area contributed by atoms with Crippen LogP contribution in [0.1, 0.15) is 24.3 Å². The van der Waals surface area contributed by atoms with E-state index in [1.54, 1.807) is 55.2 Å². The van der Waals surface area contributed by atoms with Gasteiger partial charge in [-0.25, -0.2) is 9.67 Å². The van der Waals surface area contributed by atoms with E-state index in [0.717, 1.165) is 0 Å². The number of hydrogen-bond acceptors (Lipinski definition) is 4. The molecule has 0 spiro atoms. The van der Waals surface area contributed by atoms with Crippen molar-refractivity contribution in [3.63, 3.8) is 0 Å². The molecule has 0 atom stereocenters.